The highest BCUT2D eigenvalue weighted by Crippen LogP contribution is 2.29. The number of nitrogens with one attached hydrogen (secondary N) is 2. The van der Waals surface area contributed by atoms with Crippen molar-refractivity contribution in [1.29, 1.82) is 0 Å². The third-order valence-corrected chi connectivity index (χ3v) is 4.88. The first kappa shape index (κ1) is 16.5. The largest absolute Gasteiger partial charge is 0.324 e. The zero-order valence-electron chi connectivity index (χ0n) is 14.4. The molecular formula is C20H21N5O. The normalized spacial score (nSPS) is 16.2. The molecular weight excluding hydrogens is 326 g/mol. The third kappa shape index (κ3) is 3.11. The summed E-state index contributed by atoms with van der Waals surface area (Å²) in [6, 6.07) is 15.5. The number of hydrogen-bond donors (Lipinski definition) is 2. The molecule has 132 valence electrons. The van der Waals surface area contributed by atoms with Gasteiger partial charge in [0, 0.05) is 29.8 Å². The molecule has 0 spiro atoms. The Hall–Kier alpha value is -2.99. The second kappa shape index (κ2) is 7.09. The summed E-state index contributed by atoms with van der Waals surface area (Å²) in [6.45, 7) is 1.58. The first-order valence-corrected chi connectivity index (χ1v) is 8.82. The molecule has 26 heavy (non-hydrogen) atoms. The lowest BCUT2D eigenvalue weighted by atomic mass is 9.87. The van der Waals surface area contributed by atoms with Crippen LogP contribution in [0.5, 0.6) is 0 Å². The monoisotopic (exact) mass is 347 g/mol. The van der Waals surface area contributed by atoms with Crippen LogP contribution < -0.4 is 10.6 Å². The Balaban J connectivity index is 1.61. The molecule has 0 radical (unpaired) electrons. The van der Waals surface area contributed by atoms with Gasteiger partial charge in [0.15, 0.2) is 0 Å². The molecule has 0 aliphatic carbocycles. The predicted octanol–water partition coefficient (Wildman–Crippen LogP) is 2.66. The van der Waals surface area contributed by atoms with Crippen molar-refractivity contribution in [1.82, 2.24) is 20.1 Å². The summed E-state index contributed by atoms with van der Waals surface area (Å²) in [5.74, 6) is -0.0343. The Labute approximate surface area is 152 Å². The van der Waals surface area contributed by atoms with E-state index in [2.05, 4.69) is 20.7 Å². The minimum absolute atomic E-state index is 0.0343. The number of rotatable bonds is 4. The highest BCUT2D eigenvalue weighted by molar-refractivity contribution is 5.97. The van der Waals surface area contributed by atoms with Crippen molar-refractivity contribution >= 4 is 11.6 Å². The SMILES string of the molecule is O=C(Nc1ccnc(-c2ccccc2)c1)C1(n2cccn2)CCNCC1. The first-order valence-electron chi connectivity index (χ1n) is 8.82. The Bertz CT molecular complexity index is 870. The lowest BCUT2D eigenvalue weighted by molar-refractivity contribution is -0.126. The van der Waals surface area contributed by atoms with Crippen molar-refractivity contribution in [3.05, 3.63) is 67.1 Å². The van der Waals surface area contributed by atoms with Crippen LogP contribution in [0.4, 0.5) is 5.69 Å². The van der Waals surface area contributed by atoms with E-state index in [1.807, 2.05) is 54.7 Å². The van der Waals surface area contributed by atoms with Gasteiger partial charge in [-0.15, -0.1) is 0 Å². The summed E-state index contributed by atoms with van der Waals surface area (Å²) in [5.41, 5.74) is 1.94. The van der Waals surface area contributed by atoms with Crippen LogP contribution in [0.1, 0.15) is 12.8 Å². The maximum atomic E-state index is 13.2. The number of carbonyl (C=O) groups is 1. The quantitative estimate of drug-likeness (QED) is 0.761. The van der Waals surface area contributed by atoms with Crippen molar-refractivity contribution in [3.63, 3.8) is 0 Å². The summed E-state index contributed by atoms with van der Waals surface area (Å²) in [6.07, 6.45) is 6.72. The number of carbonyl (C=O) groups excluding carboxylic acids is 1. The molecule has 1 amide bonds. The molecule has 2 N–H and O–H groups in total. The zero-order valence-corrected chi connectivity index (χ0v) is 14.4. The van der Waals surface area contributed by atoms with Gasteiger partial charge in [0.2, 0.25) is 0 Å². The molecule has 6 heteroatoms. The van der Waals surface area contributed by atoms with Crippen molar-refractivity contribution in [2.75, 3.05) is 18.4 Å². The number of hydrogen-bond acceptors (Lipinski definition) is 4. The summed E-state index contributed by atoms with van der Waals surface area (Å²) < 4.78 is 1.79. The number of benzene rings is 1. The van der Waals surface area contributed by atoms with E-state index in [9.17, 15) is 4.79 Å². The lowest BCUT2D eigenvalue weighted by Crippen LogP contribution is -2.52. The van der Waals surface area contributed by atoms with E-state index in [1.165, 1.54) is 0 Å². The summed E-state index contributed by atoms with van der Waals surface area (Å²) in [7, 11) is 0. The average Bonchev–Trinajstić information content (AvgIpc) is 3.25. The number of nitrogens with zero attached hydrogens (tertiary/aromatic N) is 3. The van der Waals surface area contributed by atoms with Gasteiger partial charge in [0.05, 0.1) is 5.69 Å². The van der Waals surface area contributed by atoms with E-state index in [1.54, 1.807) is 17.1 Å². The highest BCUT2D eigenvalue weighted by Gasteiger charge is 2.42. The number of aromatic nitrogens is 3. The van der Waals surface area contributed by atoms with Gasteiger partial charge in [-0.3, -0.25) is 14.5 Å². The van der Waals surface area contributed by atoms with Gasteiger partial charge in [0.1, 0.15) is 5.54 Å². The topological polar surface area (TPSA) is 71.8 Å². The molecule has 1 fully saturated rings. The van der Waals surface area contributed by atoms with Crippen LogP contribution in [0, 0.1) is 0 Å². The van der Waals surface area contributed by atoms with Crippen LogP contribution in [-0.4, -0.2) is 33.8 Å². The maximum Gasteiger partial charge on any atom is 0.252 e. The highest BCUT2D eigenvalue weighted by atomic mass is 16.2. The fraction of sp³-hybridized carbons (Fsp3) is 0.250. The van der Waals surface area contributed by atoms with Gasteiger partial charge in [0.25, 0.3) is 5.91 Å². The van der Waals surface area contributed by atoms with Crippen LogP contribution >= 0.6 is 0 Å². The van der Waals surface area contributed by atoms with Gasteiger partial charge in [-0.25, -0.2) is 0 Å². The van der Waals surface area contributed by atoms with Gasteiger partial charge < -0.3 is 10.6 Å². The van der Waals surface area contributed by atoms with Crippen molar-refractivity contribution < 1.29 is 4.79 Å². The Kier molecular flexibility index (Phi) is 4.50. The summed E-state index contributed by atoms with van der Waals surface area (Å²) in [4.78, 5) is 17.6. The van der Waals surface area contributed by atoms with Gasteiger partial charge >= 0.3 is 0 Å². The lowest BCUT2D eigenvalue weighted by Gasteiger charge is -2.36. The van der Waals surface area contributed by atoms with E-state index in [-0.39, 0.29) is 5.91 Å². The van der Waals surface area contributed by atoms with Crippen LogP contribution in [0.2, 0.25) is 0 Å². The number of amides is 1. The predicted molar refractivity (Wildman–Crippen MR) is 101 cm³/mol. The second-order valence-electron chi connectivity index (χ2n) is 6.48. The number of piperidine rings is 1. The standard InChI is InChI=1S/C20H21N5O/c26-19(20(8-12-21-13-9-20)25-14-4-10-23-25)24-17-7-11-22-18(15-17)16-5-2-1-3-6-16/h1-7,10-11,14-15,21H,8-9,12-13H2,(H,22,24,26). The number of anilines is 1. The Morgan fingerprint density at radius 1 is 1.08 bits per heavy atom. The van der Waals surface area contributed by atoms with Gasteiger partial charge in [-0.05, 0) is 44.1 Å². The molecule has 0 saturated carbocycles. The molecule has 6 nitrogen and oxygen atoms in total. The summed E-state index contributed by atoms with van der Waals surface area (Å²) >= 11 is 0. The van der Waals surface area contributed by atoms with Crippen molar-refractivity contribution in [2.45, 2.75) is 18.4 Å². The van der Waals surface area contributed by atoms with E-state index in [4.69, 9.17) is 0 Å². The molecule has 0 bridgehead atoms. The average molecular weight is 347 g/mol. The summed E-state index contributed by atoms with van der Waals surface area (Å²) in [5, 5.41) is 10.8. The van der Waals surface area contributed by atoms with Crippen molar-refractivity contribution in [3.8, 4) is 11.3 Å². The zero-order chi connectivity index (χ0) is 17.8. The van der Waals surface area contributed by atoms with Gasteiger partial charge in [-0.2, -0.15) is 5.10 Å². The molecule has 3 aromatic rings. The first-order chi connectivity index (χ1) is 12.8. The molecule has 0 unspecified atom stereocenters. The molecule has 3 heterocycles. The van der Waals surface area contributed by atoms with E-state index in [0.29, 0.717) is 12.8 Å². The van der Waals surface area contributed by atoms with Crippen molar-refractivity contribution in [2.24, 2.45) is 0 Å². The molecule has 1 saturated heterocycles. The fourth-order valence-electron chi connectivity index (χ4n) is 3.45. The van der Waals surface area contributed by atoms with Gasteiger partial charge in [-0.1, -0.05) is 30.3 Å². The molecule has 0 atom stereocenters. The van der Waals surface area contributed by atoms with Crippen LogP contribution in [-0.2, 0) is 10.3 Å². The molecule has 4 rings (SSSR count). The molecule has 1 aliphatic heterocycles. The third-order valence-electron chi connectivity index (χ3n) is 4.88. The van der Waals surface area contributed by atoms with Crippen LogP contribution in [0.15, 0.2) is 67.1 Å². The van der Waals surface area contributed by atoms with Crippen LogP contribution in [0.3, 0.4) is 0 Å². The minimum Gasteiger partial charge on any atom is -0.324 e. The van der Waals surface area contributed by atoms with E-state index >= 15 is 0 Å². The van der Waals surface area contributed by atoms with E-state index in [0.717, 1.165) is 30.0 Å². The second-order valence-corrected chi connectivity index (χ2v) is 6.48. The van der Waals surface area contributed by atoms with E-state index < -0.39 is 5.54 Å². The fourth-order valence-corrected chi connectivity index (χ4v) is 3.45. The molecule has 1 aliphatic rings. The maximum absolute atomic E-state index is 13.2. The smallest absolute Gasteiger partial charge is 0.252 e. The van der Waals surface area contributed by atoms with Crippen LogP contribution in [0.25, 0.3) is 11.3 Å². The minimum atomic E-state index is -0.662. The molecule has 1 aromatic carbocycles. The Morgan fingerprint density at radius 2 is 1.88 bits per heavy atom. The number of pyridine rings is 1. The molecule has 2 aromatic heterocycles. The Morgan fingerprint density at radius 3 is 2.62 bits per heavy atom.